The third-order valence-electron chi connectivity index (χ3n) is 3.12. The van der Waals surface area contributed by atoms with E-state index in [-0.39, 0.29) is 16.6 Å². The van der Waals surface area contributed by atoms with Crippen LogP contribution in [0.4, 0.5) is 0 Å². The molecule has 0 atom stereocenters. The van der Waals surface area contributed by atoms with Crippen LogP contribution in [-0.2, 0) is 16.6 Å². The highest BCUT2D eigenvalue weighted by Crippen LogP contribution is 2.26. The molecule has 7 nitrogen and oxygen atoms in total. The summed E-state index contributed by atoms with van der Waals surface area (Å²) in [6, 6.07) is 10.4. The van der Waals surface area contributed by atoms with Crippen molar-refractivity contribution in [3.05, 3.63) is 46.1 Å². The number of nitrogens with one attached hydrogen (secondary N) is 1. The molecule has 2 heterocycles. The fourth-order valence-corrected chi connectivity index (χ4v) is 5.01. The second kappa shape index (κ2) is 7.65. The standard InChI is InChI=1S/C15H14BrN3O4S2/c1-2-22-11-5-3-10(4-6-11)15-18-13(23-19-15)9-17-25(20,21)14-8-7-12(16)24-14/h3-8,17H,2,9H2,1H3. The third kappa shape index (κ3) is 4.46. The molecule has 0 bridgehead atoms. The summed E-state index contributed by atoms with van der Waals surface area (Å²) in [5.41, 5.74) is 0.753. The van der Waals surface area contributed by atoms with Crippen LogP contribution in [0.15, 0.2) is 48.9 Å². The predicted octanol–water partition coefficient (Wildman–Crippen LogP) is 3.44. The number of nitrogens with zero attached hydrogens (tertiary/aromatic N) is 2. The summed E-state index contributed by atoms with van der Waals surface area (Å²) in [4.78, 5) is 4.21. The maximum Gasteiger partial charge on any atom is 0.250 e. The van der Waals surface area contributed by atoms with Crippen LogP contribution in [0.1, 0.15) is 12.8 Å². The average Bonchev–Trinajstić information content (AvgIpc) is 3.24. The number of ether oxygens (including phenoxy) is 1. The lowest BCUT2D eigenvalue weighted by molar-refractivity contribution is 0.340. The maximum absolute atomic E-state index is 12.2. The minimum absolute atomic E-state index is 0.0815. The van der Waals surface area contributed by atoms with E-state index in [9.17, 15) is 8.42 Å². The van der Waals surface area contributed by atoms with Crippen molar-refractivity contribution in [2.24, 2.45) is 0 Å². The second-order valence-corrected chi connectivity index (χ2v) is 9.31. The molecule has 0 saturated heterocycles. The van der Waals surface area contributed by atoms with Gasteiger partial charge in [0.15, 0.2) is 0 Å². The molecule has 3 aromatic rings. The Labute approximate surface area is 157 Å². The fourth-order valence-electron chi connectivity index (χ4n) is 1.98. The minimum atomic E-state index is -3.61. The zero-order chi connectivity index (χ0) is 17.9. The van der Waals surface area contributed by atoms with Crippen LogP contribution in [0.5, 0.6) is 5.75 Å². The molecule has 10 heteroatoms. The highest BCUT2D eigenvalue weighted by molar-refractivity contribution is 9.11. The Morgan fingerprint density at radius 2 is 2.00 bits per heavy atom. The molecule has 132 valence electrons. The van der Waals surface area contributed by atoms with E-state index in [1.807, 2.05) is 31.2 Å². The summed E-state index contributed by atoms with van der Waals surface area (Å²) in [6.07, 6.45) is 0. The number of thiophene rings is 1. The Morgan fingerprint density at radius 3 is 2.64 bits per heavy atom. The molecule has 0 aliphatic heterocycles. The van der Waals surface area contributed by atoms with Gasteiger partial charge in [-0.3, -0.25) is 0 Å². The fraction of sp³-hybridized carbons (Fsp3) is 0.200. The normalized spacial score (nSPS) is 11.6. The molecule has 0 aliphatic carbocycles. The Morgan fingerprint density at radius 1 is 1.24 bits per heavy atom. The van der Waals surface area contributed by atoms with Crippen LogP contribution in [0.25, 0.3) is 11.4 Å². The van der Waals surface area contributed by atoms with Gasteiger partial charge < -0.3 is 9.26 Å². The van der Waals surface area contributed by atoms with Gasteiger partial charge in [0.1, 0.15) is 9.96 Å². The van der Waals surface area contributed by atoms with Gasteiger partial charge in [-0.2, -0.15) is 4.98 Å². The monoisotopic (exact) mass is 443 g/mol. The van der Waals surface area contributed by atoms with Crippen LogP contribution in [0, 0.1) is 0 Å². The molecule has 0 radical (unpaired) electrons. The van der Waals surface area contributed by atoms with E-state index in [1.165, 1.54) is 6.07 Å². The summed E-state index contributed by atoms with van der Waals surface area (Å²) in [5.74, 6) is 1.32. The van der Waals surface area contributed by atoms with Crippen molar-refractivity contribution in [2.75, 3.05) is 6.61 Å². The molecule has 0 unspecified atom stereocenters. The quantitative estimate of drug-likeness (QED) is 0.600. The van der Waals surface area contributed by atoms with Gasteiger partial charge >= 0.3 is 0 Å². The van der Waals surface area contributed by atoms with Crippen LogP contribution in [-0.4, -0.2) is 25.2 Å². The van der Waals surface area contributed by atoms with Crippen molar-refractivity contribution >= 4 is 37.3 Å². The first-order valence-corrected chi connectivity index (χ1v) is 10.4. The lowest BCUT2D eigenvalue weighted by Gasteiger charge is -2.02. The number of hydrogen-bond donors (Lipinski definition) is 1. The first-order valence-electron chi connectivity index (χ1n) is 7.29. The van der Waals surface area contributed by atoms with E-state index in [4.69, 9.17) is 9.26 Å². The van der Waals surface area contributed by atoms with Crippen LogP contribution in [0.2, 0.25) is 0 Å². The Balaban J connectivity index is 1.67. The average molecular weight is 444 g/mol. The van der Waals surface area contributed by atoms with Crippen molar-refractivity contribution in [3.63, 3.8) is 0 Å². The van der Waals surface area contributed by atoms with Crippen LogP contribution < -0.4 is 9.46 Å². The van der Waals surface area contributed by atoms with E-state index in [0.717, 1.165) is 26.4 Å². The molecule has 3 rings (SSSR count). The molecule has 1 N–H and O–H groups in total. The highest BCUT2D eigenvalue weighted by atomic mass is 79.9. The molecule has 1 aromatic carbocycles. The SMILES string of the molecule is CCOc1ccc(-c2noc(CNS(=O)(=O)c3ccc(Br)s3)n2)cc1. The van der Waals surface area contributed by atoms with Gasteiger partial charge in [-0.25, -0.2) is 13.1 Å². The maximum atomic E-state index is 12.2. The smallest absolute Gasteiger partial charge is 0.250 e. The molecular formula is C15H14BrN3O4S2. The Kier molecular flexibility index (Phi) is 5.52. The topological polar surface area (TPSA) is 94.3 Å². The Hall–Kier alpha value is -1.75. The van der Waals surface area contributed by atoms with E-state index >= 15 is 0 Å². The lowest BCUT2D eigenvalue weighted by atomic mass is 10.2. The predicted molar refractivity (Wildman–Crippen MR) is 96.9 cm³/mol. The largest absolute Gasteiger partial charge is 0.494 e. The molecule has 0 saturated carbocycles. The van der Waals surface area contributed by atoms with Gasteiger partial charge in [0.05, 0.1) is 16.9 Å². The molecule has 2 aromatic heterocycles. The van der Waals surface area contributed by atoms with Crippen LogP contribution >= 0.6 is 27.3 Å². The van der Waals surface area contributed by atoms with E-state index in [1.54, 1.807) is 6.07 Å². The highest BCUT2D eigenvalue weighted by Gasteiger charge is 2.18. The van der Waals surface area contributed by atoms with Gasteiger partial charge in [-0.1, -0.05) is 5.16 Å². The van der Waals surface area contributed by atoms with Gasteiger partial charge in [-0.15, -0.1) is 11.3 Å². The van der Waals surface area contributed by atoms with Crippen LogP contribution in [0.3, 0.4) is 0 Å². The molecule has 0 spiro atoms. The van der Waals surface area contributed by atoms with Gasteiger partial charge in [-0.05, 0) is 59.3 Å². The van der Waals surface area contributed by atoms with Gasteiger partial charge in [0.25, 0.3) is 10.0 Å². The number of aromatic nitrogens is 2. The van der Waals surface area contributed by atoms with E-state index < -0.39 is 10.0 Å². The third-order valence-corrected chi connectivity index (χ3v) is 6.64. The van der Waals surface area contributed by atoms with Crippen molar-refractivity contribution in [1.82, 2.24) is 14.9 Å². The van der Waals surface area contributed by atoms with E-state index in [2.05, 4.69) is 30.8 Å². The molecular weight excluding hydrogens is 430 g/mol. The number of sulfonamides is 1. The summed E-state index contributed by atoms with van der Waals surface area (Å²) < 4.78 is 38.2. The van der Waals surface area contributed by atoms with Gasteiger partial charge in [0.2, 0.25) is 11.7 Å². The zero-order valence-corrected chi connectivity index (χ0v) is 16.3. The number of rotatable bonds is 7. The summed E-state index contributed by atoms with van der Waals surface area (Å²) in [7, 11) is -3.61. The second-order valence-electron chi connectivity index (χ2n) is 4.85. The number of hydrogen-bond acceptors (Lipinski definition) is 7. The van der Waals surface area contributed by atoms with Crippen molar-refractivity contribution in [3.8, 4) is 17.1 Å². The first-order chi connectivity index (χ1) is 12.0. The minimum Gasteiger partial charge on any atom is -0.494 e. The zero-order valence-electron chi connectivity index (χ0n) is 13.1. The summed E-state index contributed by atoms with van der Waals surface area (Å²) >= 11 is 4.37. The van der Waals surface area contributed by atoms with Crippen molar-refractivity contribution < 1.29 is 17.7 Å². The molecule has 0 aliphatic rings. The van der Waals surface area contributed by atoms with Crippen molar-refractivity contribution in [1.29, 1.82) is 0 Å². The lowest BCUT2D eigenvalue weighted by Crippen LogP contribution is -2.22. The van der Waals surface area contributed by atoms with Gasteiger partial charge in [0, 0.05) is 5.56 Å². The molecule has 25 heavy (non-hydrogen) atoms. The first kappa shape index (κ1) is 18.1. The number of halogens is 1. The van der Waals surface area contributed by atoms with E-state index in [0.29, 0.717) is 12.4 Å². The Bertz CT molecular complexity index is 951. The van der Waals surface area contributed by atoms with Crippen molar-refractivity contribution in [2.45, 2.75) is 17.7 Å². The molecule has 0 fully saturated rings. The summed E-state index contributed by atoms with van der Waals surface area (Å²) in [6.45, 7) is 2.42. The number of benzene rings is 1. The summed E-state index contributed by atoms with van der Waals surface area (Å²) in [5, 5.41) is 3.87. The molecule has 0 amide bonds.